The molecule has 2 aromatic rings. The van der Waals surface area contributed by atoms with Crippen LogP contribution in [0.25, 0.3) is 0 Å². The lowest BCUT2D eigenvalue weighted by molar-refractivity contribution is -0.140. The first-order valence-electron chi connectivity index (χ1n) is 7.92. The number of hydrogen-bond donors (Lipinski definition) is 2. The summed E-state index contributed by atoms with van der Waals surface area (Å²) in [4.78, 5) is 25.6. The van der Waals surface area contributed by atoms with E-state index in [0.717, 1.165) is 5.69 Å². The number of rotatable bonds is 2. The maximum atomic E-state index is 12.4. The van der Waals surface area contributed by atoms with Gasteiger partial charge >= 0.3 is 5.97 Å². The zero-order valence-corrected chi connectivity index (χ0v) is 13.9. The zero-order chi connectivity index (χ0) is 17.6. The summed E-state index contributed by atoms with van der Waals surface area (Å²) in [7, 11) is 0. The van der Waals surface area contributed by atoms with Gasteiger partial charge in [0.15, 0.2) is 5.75 Å². The Morgan fingerprint density at radius 3 is 2.92 bits per heavy atom. The Morgan fingerprint density at radius 2 is 2.16 bits per heavy atom. The highest BCUT2D eigenvalue weighted by Crippen LogP contribution is 2.42. The number of carbonyl (C=O) groups is 2. The number of hydrogen-bond acceptors (Lipinski definition) is 4. The Morgan fingerprint density at radius 1 is 1.32 bits per heavy atom. The molecule has 1 amide bonds. The molecule has 6 nitrogen and oxygen atoms in total. The van der Waals surface area contributed by atoms with Gasteiger partial charge in [0, 0.05) is 24.8 Å². The van der Waals surface area contributed by atoms with Crippen molar-refractivity contribution in [2.45, 2.75) is 6.42 Å². The third-order valence-electron chi connectivity index (χ3n) is 4.54. The monoisotopic (exact) mass is 358 g/mol. The van der Waals surface area contributed by atoms with E-state index >= 15 is 0 Å². The number of halogens is 1. The van der Waals surface area contributed by atoms with Crippen molar-refractivity contribution in [3.63, 3.8) is 0 Å². The van der Waals surface area contributed by atoms with Crippen molar-refractivity contribution >= 4 is 34.9 Å². The number of para-hydroxylation sites is 1. The molecule has 1 fully saturated rings. The van der Waals surface area contributed by atoms with E-state index in [9.17, 15) is 9.59 Å². The summed E-state index contributed by atoms with van der Waals surface area (Å²) in [6, 6.07) is 10.4. The number of nitrogens with one attached hydrogen (secondary N) is 1. The summed E-state index contributed by atoms with van der Waals surface area (Å²) in [5.74, 6) is -0.627. The maximum Gasteiger partial charge on any atom is 0.308 e. The van der Waals surface area contributed by atoms with E-state index in [1.54, 1.807) is 30.3 Å². The minimum atomic E-state index is -0.784. The highest BCUT2D eigenvalue weighted by molar-refractivity contribution is 6.32. The molecule has 2 aliphatic heterocycles. The number of carboxylic acid groups (broad SMARTS) is 1. The van der Waals surface area contributed by atoms with Crippen molar-refractivity contribution in [1.82, 2.24) is 0 Å². The van der Waals surface area contributed by atoms with Gasteiger partial charge in [-0.3, -0.25) is 9.59 Å². The van der Waals surface area contributed by atoms with Gasteiger partial charge in [0.2, 0.25) is 0 Å². The number of amides is 1. The summed E-state index contributed by atoms with van der Waals surface area (Å²) >= 11 is 6.20. The SMILES string of the molecule is O=C1Nc2cccc(Cl)c2Oc2cc(N3CCC(C(=O)O)C3)ccc21. The first-order chi connectivity index (χ1) is 12.0. The Hall–Kier alpha value is -2.73. The standard InChI is InChI=1S/C18H15ClN2O4/c19-13-2-1-3-14-16(13)25-15-8-11(4-5-12(15)17(22)20-14)21-7-6-10(9-21)18(23)24/h1-5,8,10H,6-7,9H2,(H,20,22)(H,23,24). The number of benzene rings is 2. The average Bonchev–Trinajstić information content (AvgIpc) is 3.03. The average molecular weight is 359 g/mol. The molecule has 2 heterocycles. The van der Waals surface area contributed by atoms with Gasteiger partial charge in [-0.15, -0.1) is 0 Å². The van der Waals surface area contributed by atoms with E-state index in [2.05, 4.69) is 5.32 Å². The molecule has 2 aliphatic rings. The quantitative estimate of drug-likeness (QED) is 0.857. The molecule has 0 radical (unpaired) electrons. The largest absolute Gasteiger partial charge is 0.481 e. The first kappa shape index (κ1) is 15.8. The summed E-state index contributed by atoms with van der Waals surface area (Å²) < 4.78 is 5.92. The number of carbonyl (C=O) groups excluding carboxylic acids is 1. The first-order valence-corrected chi connectivity index (χ1v) is 8.30. The summed E-state index contributed by atoms with van der Waals surface area (Å²) in [5, 5.41) is 12.4. The molecule has 128 valence electrons. The number of nitrogens with zero attached hydrogens (tertiary/aromatic N) is 1. The highest BCUT2D eigenvalue weighted by atomic mass is 35.5. The fourth-order valence-corrected chi connectivity index (χ4v) is 3.40. The lowest BCUT2D eigenvalue weighted by Crippen LogP contribution is -2.22. The predicted molar refractivity (Wildman–Crippen MR) is 93.9 cm³/mol. The molecular formula is C18H15ClN2O4. The van der Waals surface area contributed by atoms with E-state index in [4.69, 9.17) is 21.4 Å². The van der Waals surface area contributed by atoms with Crippen LogP contribution in [0.15, 0.2) is 36.4 Å². The predicted octanol–water partition coefficient (Wildman–Crippen LogP) is 3.61. The van der Waals surface area contributed by atoms with Gasteiger partial charge in [-0.1, -0.05) is 17.7 Å². The van der Waals surface area contributed by atoms with Crippen molar-refractivity contribution in [2.24, 2.45) is 5.92 Å². The van der Waals surface area contributed by atoms with Crippen LogP contribution < -0.4 is 15.0 Å². The van der Waals surface area contributed by atoms with Crippen LogP contribution in [0.5, 0.6) is 11.5 Å². The zero-order valence-electron chi connectivity index (χ0n) is 13.2. The molecule has 4 rings (SSSR count). The Labute approximate surface area is 149 Å². The molecule has 25 heavy (non-hydrogen) atoms. The second-order valence-corrected chi connectivity index (χ2v) is 6.53. The van der Waals surface area contributed by atoms with Crippen LogP contribution in [-0.2, 0) is 4.79 Å². The minimum absolute atomic E-state index is 0.271. The molecule has 0 spiro atoms. The Bertz CT molecular complexity index is 883. The van der Waals surface area contributed by atoms with Crippen LogP contribution in [0, 0.1) is 5.92 Å². The van der Waals surface area contributed by atoms with Crippen molar-refractivity contribution in [1.29, 1.82) is 0 Å². The lowest BCUT2D eigenvalue weighted by atomic mass is 10.1. The second-order valence-electron chi connectivity index (χ2n) is 6.12. The summed E-state index contributed by atoms with van der Waals surface area (Å²) in [5.41, 5.74) is 1.75. The van der Waals surface area contributed by atoms with Crippen LogP contribution in [0.2, 0.25) is 5.02 Å². The smallest absolute Gasteiger partial charge is 0.308 e. The fraction of sp³-hybridized carbons (Fsp3) is 0.222. The van der Waals surface area contributed by atoms with E-state index in [0.29, 0.717) is 47.3 Å². The van der Waals surface area contributed by atoms with Crippen LogP contribution in [0.1, 0.15) is 16.8 Å². The van der Waals surface area contributed by atoms with Crippen molar-refractivity contribution in [3.05, 3.63) is 47.0 Å². The van der Waals surface area contributed by atoms with Crippen molar-refractivity contribution < 1.29 is 19.4 Å². The van der Waals surface area contributed by atoms with Gasteiger partial charge in [0.1, 0.15) is 5.75 Å². The van der Waals surface area contributed by atoms with Gasteiger partial charge in [-0.05, 0) is 30.7 Å². The maximum absolute atomic E-state index is 12.4. The van der Waals surface area contributed by atoms with Gasteiger partial charge in [0.25, 0.3) is 5.91 Å². The Kier molecular flexibility index (Phi) is 3.77. The molecule has 0 aromatic heterocycles. The van der Waals surface area contributed by atoms with Gasteiger partial charge < -0.3 is 20.1 Å². The molecule has 2 N–H and O–H groups in total. The molecule has 1 unspecified atom stereocenters. The molecule has 0 aliphatic carbocycles. The lowest BCUT2D eigenvalue weighted by Gasteiger charge is -2.19. The van der Waals surface area contributed by atoms with E-state index in [1.165, 1.54) is 0 Å². The number of fused-ring (bicyclic) bond motifs is 2. The van der Waals surface area contributed by atoms with Crippen LogP contribution in [-0.4, -0.2) is 30.1 Å². The van der Waals surface area contributed by atoms with E-state index in [1.807, 2.05) is 11.0 Å². The molecule has 1 atom stereocenters. The summed E-state index contributed by atoms with van der Waals surface area (Å²) in [6.45, 7) is 1.09. The van der Waals surface area contributed by atoms with Gasteiger partial charge in [0.05, 0.1) is 22.2 Å². The molecular weight excluding hydrogens is 344 g/mol. The molecule has 2 aromatic carbocycles. The number of anilines is 2. The van der Waals surface area contributed by atoms with Crippen LogP contribution in [0.4, 0.5) is 11.4 Å². The normalized spacial score (nSPS) is 18.7. The topological polar surface area (TPSA) is 78.9 Å². The van der Waals surface area contributed by atoms with Gasteiger partial charge in [-0.25, -0.2) is 0 Å². The number of ether oxygens (including phenoxy) is 1. The Balaban J connectivity index is 1.70. The van der Waals surface area contributed by atoms with Crippen molar-refractivity contribution in [2.75, 3.05) is 23.3 Å². The molecule has 7 heteroatoms. The van der Waals surface area contributed by atoms with Crippen LogP contribution in [0.3, 0.4) is 0 Å². The number of aliphatic carboxylic acids is 1. The fourth-order valence-electron chi connectivity index (χ4n) is 3.19. The third kappa shape index (κ3) is 2.78. The molecule has 0 bridgehead atoms. The molecule has 0 saturated carbocycles. The second kappa shape index (κ2) is 5.97. The van der Waals surface area contributed by atoms with Gasteiger partial charge in [-0.2, -0.15) is 0 Å². The highest BCUT2D eigenvalue weighted by Gasteiger charge is 2.29. The minimum Gasteiger partial charge on any atom is -0.481 e. The number of carboxylic acids is 1. The van der Waals surface area contributed by atoms with E-state index in [-0.39, 0.29) is 11.8 Å². The summed E-state index contributed by atoms with van der Waals surface area (Å²) in [6.07, 6.45) is 0.600. The van der Waals surface area contributed by atoms with Crippen LogP contribution >= 0.6 is 11.6 Å². The van der Waals surface area contributed by atoms with Crippen molar-refractivity contribution in [3.8, 4) is 11.5 Å². The van der Waals surface area contributed by atoms with E-state index < -0.39 is 5.97 Å². The molecule has 1 saturated heterocycles. The third-order valence-corrected chi connectivity index (χ3v) is 4.84.